The lowest BCUT2D eigenvalue weighted by Crippen LogP contribution is -2.02. The van der Waals surface area contributed by atoms with Crippen LogP contribution in [0.2, 0.25) is 0 Å². The molecule has 0 saturated carbocycles. The van der Waals surface area contributed by atoms with Gasteiger partial charge in [-0.3, -0.25) is 4.79 Å². The predicted octanol–water partition coefficient (Wildman–Crippen LogP) is 4.37. The molecule has 4 heteroatoms. The Balaban J connectivity index is 2.22. The molecular weight excluding hydrogens is 311 g/mol. The third kappa shape index (κ3) is 3.41. The van der Waals surface area contributed by atoms with Gasteiger partial charge in [0.2, 0.25) is 0 Å². The van der Waals surface area contributed by atoms with Gasteiger partial charge in [0.15, 0.2) is 5.78 Å². The first-order valence-corrected chi connectivity index (χ1v) is 6.54. The van der Waals surface area contributed by atoms with Gasteiger partial charge in [0.05, 0.1) is 5.56 Å². The fraction of sp³-hybridized carbons (Fsp3) is 0.133. The Hall–Kier alpha value is -1.68. The summed E-state index contributed by atoms with van der Waals surface area (Å²) in [5.74, 6) is -0.308. The predicted molar refractivity (Wildman–Crippen MR) is 74.9 cm³/mol. The van der Waals surface area contributed by atoms with Crippen LogP contribution in [0, 0.1) is 5.82 Å². The van der Waals surface area contributed by atoms with Crippen molar-refractivity contribution in [1.29, 1.82) is 0 Å². The van der Waals surface area contributed by atoms with Crippen LogP contribution in [0.25, 0.3) is 0 Å². The second kappa shape index (κ2) is 5.97. The summed E-state index contributed by atoms with van der Waals surface area (Å²) >= 11 is 3.41. The second-order valence-corrected chi connectivity index (χ2v) is 4.93. The SMILES string of the molecule is CC(=O)c1ccc(F)cc1OCc1ccccc1Br. The van der Waals surface area contributed by atoms with Crippen molar-refractivity contribution in [3.8, 4) is 5.75 Å². The number of rotatable bonds is 4. The van der Waals surface area contributed by atoms with Crippen LogP contribution in [0.3, 0.4) is 0 Å². The van der Waals surface area contributed by atoms with Crippen LogP contribution >= 0.6 is 15.9 Å². The molecule has 2 nitrogen and oxygen atoms in total. The smallest absolute Gasteiger partial charge is 0.163 e. The van der Waals surface area contributed by atoms with Gasteiger partial charge in [-0.15, -0.1) is 0 Å². The van der Waals surface area contributed by atoms with E-state index in [1.54, 1.807) is 0 Å². The Labute approximate surface area is 119 Å². The standard InChI is InChI=1S/C15H12BrFO2/c1-10(18)13-7-6-12(17)8-15(13)19-9-11-4-2-3-5-14(11)16/h2-8H,9H2,1H3. The van der Waals surface area contributed by atoms with Crippen molar-refractivity contribution < 1.29 is 13.9 Å². The van der Waals surface area contributed by atoms with E-state index in [0.717, 1.165) is 10.0 Å². The maximum atomic E-state index is 13.2. The van der Waals surface area contributed by atoms with Crippen LogP contribution in [-0.4, -0.2) is 5.78 Å². The summed E-state index contributed by atoms with van der Waals surface area (Å²) in [6.07, 6.45) is 0. The Morgan fingerprint density at radius 2 is 2.00 bits per heavy atom. The van der Waals surface area contributed by atoms with Crippen molar-refractivity contribution in [3.05, 3.63) is 63.9 Å². The molecule has 0 aliphatic carbocycles. The van der Waals surface area contributed by atoms with E-state index in [-0.39, 0.29) is 18.1 Å². The minimum Gasteiger partial charge on any atom is -0.488 e. The zero-order chi connectivity index (χ0) is 13.8. The van der Waals surface area contributed by atoms with Crippen molar-refractivity contribution >= 4 is 21.7 Å². The molecule has 0 aliphatic heterocycles. The van der Waals surface area contributed by atoms with Crippen LogP contribution < -0.4 is 4.74 Å². The van der Waals surface area contributed by atoms with Crippen LogP contribution in [0.4, 0.5) is 4.39 Å². The molecule has 0 aromatic heterocycles. The summed E-state index contributed by atoms with van der Waals surface area (Å²) in [5.41, 5.74) is 1.31. The summed E-state index contributed by atoms with van der Waals surface area (Å²) < 4.78 is 19.7. The molecule has 0 amide bonds. The largest absolute Gasteiger partial charge is 0.488 e. The molecule has 0 bridgehead atoms. The minimum atomic E-state index is -0.424. The number of hydrogen-bond acceptors (Lipinski definition) is 2. The van der Waals surface area contributed by atoms with Gasteiger partial charge in [-0.2, -0.15) is 0 Å². The number of carbonyl (C=O) groups excluding carboxylic acids is 1. The number of ketones is 1. The zero-order valence-corrected chi connectivity index (χ0v) is 11.9. The second-order valence-electron chi connectivity index (χ2n) is 4.08. The normalized spacial score (nSPS) is 10.3. The molecular formula is C15H12BrFO2. The van der Waals surface area contributed by atoms with Crippen molar-refractivity contribution in [2.45, 2.75) is 13.5 Å². The monoisotopic (exact) mass is 322 g/mol. The van der Waals surface area contributed by atoms with E-state index < -0.39 is 5.82 Å². The number of carbonyl (C=O) groups is 1. The number of ether oxygens (including phenoxy) is 1. The van der Waals surface area contributed by atoms with E-state index in [2.05, 4.69) is 15.9 Å². The summed E-state index contributed by atoms with van der Waals surface area (Å²) in [7, 11) is 0. The summed E-state index contributed by atoms with van der Waals surface area (Å²) in [6.45, 7) is 1.70. The molecule has 0 saturated heterocycles. The van der Waals surface area contributed by atoms with E-state index in [1.807, 2.05) is 24.3 Å². The van der Waals surface area contributed by atoms with Gasteiger partial charge in [-0.1, -0.05) is 34.1 Å². The van der Waals surface area contributed by atoms with Crippen molar-refractivity contribution in [2.24, 2.45) is 0 Å². The quantitative estimate of drug-likeness (QED) is 0.781. The van der Waals surface area contributed by atoms with E-state index in [4.69, 9.17) is 4.74 Å². The minimum absolute atomic E-state index is 0.151. The summed E-state index contributed by atoms with van der Waals surface area (Å²) in [6, 6.07) is 11.5. The Morgan fingerprint density at radius 3 is 2.68 bits per heavy atom. The highest BCUT2D eigenvalue weighted by Crippen LogP contribution is 2.23. The number of halogens is 2. The average molecular weight is 323 g/mol. The molecule has 0 radical (unpaired) electrons. The van der Waals surface area contributed by atoms with Crippen molar-refractivity contribution in [1.82, 2.24) is 0 Å². The Bertz CT molecular complexity index is 611. The fourth-order valence-corrected chi connectivity index (χ4v) is 2.08. The van der Waals surface area contributed by atoms with Gasteiger partial charge in [-0.05, 0) is 25.1 Å². The number of hydrogen-bond donors (Lipinski definition) is 0. The average Bonchev–Trinajstić information content (AvgIpc) is 2.37. The molecule has 0 fully saturated rings. The lowest BCUT2D eigenvalue weighted by molar-refractivity contribution is 0.101. The lowest BCUT2D eigenvalue weighted by Gasteiger charge is -2.11. The molecule has 2 aromatic rings. The summed E-state index contributed by atoms with van der Waals surface area (Å²) in [5, 5.41) is 0. The topological polar surface area (TPSA) is 26.3 Å². The highest BCUT2D eigenvalue weighted by atomic mass is 79.9. The Morgan fingerprint density at radius 1 is 1.26 bits per heavy atom. The van der Waals surface area contributed by atoms with Crippen molar-refractivity contribution in [3.63, 3.8) is 0 Å². The Kier molecular flexibility index (Phi) is 4.32. The molecule has 0 spiro atoms. The maximum absolute atomic E-state index is 13.2. The van der Waals surface area contributed by atoms with Crippen molar-refractivity contribution in [2.75, 3.05) is 0 Å². The van der Waals surface area contributed by atoms with Gasteiger partial charge >= 0.3 is 0 Å². The van der Waals surface area contributed by atoms with Gasteiger partial charge < -0.3 is 4.74 Å². The summed E-state index contributed by atoms with van der Waals surface area (Å²) in [4.78, 5) is 11.4. The molecule has 19 heavy (non-hydrogen) atoms. The third-order valence-electron chi connectivity index (χ3n) is 2.66. The van der Waals surface area contributed by atoms with E-state index in [0.29, 0.717) is 5.56 Å². The maximum Gasteiger partial charge on any atom is 0.163 e. The zero-order valence-electron chi connectivity index (χ0n) is 10.3. The highest BCUT2D eigenvalue weighted by Gasteiger charge is 2.10. The molecule has 98 valence electrons. The van der Waals surface area contributed by atoms with E-state index >= 15 is 0 Å². The van der Waals surface area contributed by atoms with Crippen LogP contribution in [-0.2, 0) is 6.61 Å². The van der Waals surface area contributed by atoms with E-state index in [1.165, 1.54) is 25.1 Å². The van der Waals surface area contributed by atoms with Gasteiger partial charge in [0.1, 0.15) is 18.2 Å². The van der Waals surface area contributed by atoms with Crippen LogP contribution in [0.1, 0.15) is 22.8 Å². The first-order valence-electron chi connectivity index (χ1n) is 5.74. The molecule has 0 unspecified atom stereocenters. The number of Topliss-reactive ketones (excluding diaryl/α,β-unsaturated/α-hetero) is 1. The van der Waals surface area contributed by atoms with Crippen LogP contribution in [0.5, 0.6) is 5.75 Å². The molecule has 0 heterocycles. The molecule has 0 N–H and O–H groups in total. The lowest BCUT2D eigenvalue weighted by atomic mass is 10.1. The third-order valence-corrected chi connectivity index (χ3v) is 3.44. The van der Waals surface area contributed by atoms with E-state index in [9.17, 15) is 9.18 Å². The first-order chi connectivity index (χ1) is 9.08. The van der Waals surface area contributed by atoms with Gasteiger partial charge in [0, 0.05) is 16.1 Å². The van der Waals surface area contributed by atoms with Gasteiger partial charge in [0.25, 0.3) is 0 Å². The molecule has 2 aromatic carbocycles. The highest BCUT2D eigenvalue weighted by molar-refractivity contribution is 9.10. The molecule has 0 aliphatic rings. The molecule has 2 rings (SSSR count). The number of benzene rings is 2. The molecule has 0 atom stereocenters. The van der Waals surface area contributed by atoms with Gasteiger partial charge in [-0.25, -0.2) is 4.39 Å². The van der Waals surface area contributed by atoms with Crippen LogP contribution in [0.15, 0.2) is 46.9 Å². The fourth-order valence-electron chi connectivity index (χ4n) is 1.68. The first kappa shape index (κ1) is 13.7.